The number of hydrogen-bond donors (Lipinski definition) is 0. The molecule has 14 heavy (non-hydrogen) atoms. The van der Waals surface area contributed by atoms with E-state index in [-0.39, 0.29) is 5.15 Å². The topological polar surface area (TPSA) is 36.7 Å². The van der Waals surface area contributed by atoms with E-state index in [4.69, 9.17) is 28.5 Å². The number of benzene rings is 1. The van der Waals surface area contributed by atoms with E-state index >= 15 is 0 Å². The fourth-order valence-electron chi connectivity index (χ4n) is 1.20. The van der Waals surface area contributed by atoms with Crippen molar-refractivity contribution in [2.75, 3.05) is 0 Å². The first kappa shape index (κ1) is 9.26. The van der Waals surface area contributed by atoms with Crippen LogP contribution < -0.4 is 0 Å². The maximum Gasteiger partial charge on any atom is 0.147 e. The first-order valence-electron chi connectivity index (χ1n) is 3.86. The van der Waals surface area contributed by atoms with Gasteiger partial charge in [0.15, 0.2) is 0 Å². The summed E-state index contributed by atoms with van der Waals surface area (Å²) in [6, 6.07) is 8.94. The third-order valence-electron chi connectivity index (χ3n) is 1.85. The lowest BCUT2D eigenvalue weighted by Crippen LogP contribution is -1.84. The molecule has 2 aromatic rings. The predicted molar refractivity (Wildman–Crippen MR) is 56.5 cm³/mol. The van der Waals surface area contributed by atoms with Crippen LogP contribution in [0.3, 0.4) is 0 Å². The molecule has 0 aliphatic carbocycles. The van der Waals surface area contributed by atoms with Crippen molar-refractivity contribution in [3.05, 3.63) is 40.0 Å². The number of hydrogen-bond acceptors (Lipinski definition) is 2. The Kier molecular flexibility index (Phi) is 2.28. The van der Waals surface area contributed by atoms with Gasteiger partial charge in [-0.3, -0.25) is 0 Å². The van der Waals surface area contributed by atoms with E-state index in [1.54, 1.807) is 18.2 Å². The Morgan fingerprint density at radius 1 is 1.21 bits per heavy atom. The van der Waals surface area contributed by atoms with Crippen molar-refractivity contribution in [3.8, 4) is 6.07 Å². The molecule has 0 radical (unpaired) electrons. The van der Waals surface area contributed by atoms with Crippen LogP contribution in [-0.2, 0) is 0 Å². The molecule has 0 bridgehead atoms. The molecule has 0 unspecified atom stereocenters. The van der Waals surface area contributed by atoms with E-state index in [1.807, 2.05) is 12.1 Å². The van der Waals surface area contributed by atoms with Gasteiger partial charge < -0.3 is 0 Å². The molecule has 1 aromatic heterocycles. The summed E-state index contributed by atoms with van der Waals surface area (Å²) in [6.07, 6.45) is 0. The Labute approximate surface area is 90.7 Å². The lowest BCUT2D eigenvalue weighted by atomic mass is 10.2. The van der Waals surface area contributed by atoms with Gasteiger partial charge in [0.25, 0.3) is 0 Å². The molecule has 1 heterocycles. The van der Waals surface area contributed by atoms with Crippen molar-refractivity contribution in [3.63, 3.8) is 0 Å². The van der Waals surface area contributed by atoms with Crippen LogP contribution in [0.2, 0.25) is 10.2 Å². The second-order valence-corrected chi connectivity index (χ2v) is 3.57. The summed E-state index contributed by atoms with van der Waals surface area (Å²) in [6.45, 7) is 0. The highest BCUT2D eigenvalue weighted by Crippen LogP contribution is 2.22. The molecule has 0 atom stereocenters. The van der Waals surface area contributed by atoms with Gasteiger partial charge in [-0.15, -0.1) is 0 Å². The summed E-state index contributed by atoms with van der Waals surface area (Å²) in [5.74, 6) is 0. The van der Waals surface area contributed by atoms with E-state index in [2.05, 4.69) is 4.98 Å². The van der Waals surface area contributed by atoms with Gasteiger partial charge in [0, 0.05) is 10.4 Å². The molecular weight excluding hydrogens is 219 g/mol. The van der Waals surface area contributed by atoms with Crippen LogP contribution >= 0.6 is 23.2 Å². The normalized spacial score (nSPS) is 10.1. The van der Waals surface area contributed by atoms with Gasteiger partial charge in [-0.25, -0.2) is 4.98 Å². The van der Waals surface area contributed by atoms with Crippen LogP contribution in [0.25, 0.3) is 10.9 Å². The summed E-state index contributed by atoms with van der Waals surface area (Å²) in [4.78, 5) is 4.07. The third-order valence-corrected chi connectivity index (χ3v) is 2.38. The summed E-state index contributed by atoms with van der Waals surface area (Å²) < 4.78 is 0. The van der Waals surface area contributed by atoms with Crippen molar-refractivity contribution >= 4 is 34.1 Å². The summed E-state index contributed by atoms with van der Waals surface area (Å²) in [5, 5.41) is 10.4. The minimum Gasteiger partial charge on any atom is -0.235 e. The summed E-state index contributed by atoms with van der Waals surface area (Å²) in [7, 11) is 0. The number of rotatable bonds is 0. The van der Waals surface area contributed by atoms with E-state index < -0.39 is 0 Å². The molecule has 2 nitrogen and oxygen atoms in total. The molecule has 68 valence electrons. The molecule has 0 N–H and O–H groups in total. The first-order chi connectivity index (χ1) is 6.70. The van der Waals surface area contributed by atoms with E-state index in [1.165, 1.54) is 0 Å². The maximum atomic E-state index is 8.73. The van der Waals surface area contributed by atoms with Gasteiger partial charge in [-0.2, -0.15) is 5.26 Å². The van der Waals surface area contributed by atoms with Crippen LogP contribution in [-0.4, -0.2) is 4.98 Å². The molecule has 0 spiro atoms. The Hall–Kier alpha value is -1.30. The van der Waals surface area contributed by atoms with Crippen molar-refractivity contribution < 1.29 is 0 Å². The highest BCUT2D eigenvalue weighted by atomic mass is 35.5. The van der Waals surface area contributed by atoms with Crippen LogP contribution in [0.4, 0.5) is 0 Å². The lowest BCUT2D eigenvalue weighted by Gasteiger charge is -1.99. The number of nitriles is 1. The predicted octanol–water partition coefficient (Wildman–Crippen LogP) is 3.41. The van der Waals surface area contributed by atoms with Crippen molar-refractivity contribution in [1.82, 2.24) is 4.98 Å². The first-order valence-corrected chi connectivity index (χ1v) is 4.62. The van der Waals surface area contributed by atoms with Gasteiger partial charge in [0.2, 0.25) is 0 Å². The average Bonchev–Trinajstić information content (AvgIpc) is 2.16. The minimum atomic E-state index is 0.210. The minimum absolute atomic E-state index is 0.210. The Bertz CT molecular complexity index is 544. The van der Waals surface area contributed by atoms with Gasteiger partial charge in [-0.1, -0.05) is 29.3 Å². The average molecular weight is 223 g/mol. The molecule has 0 aliphatic heterocycles. The second kappa shape index (κ2) is 3.45. The van der Waals surface area contributed by atoms with Crippen molar-refractivity contribution in [2.24, 2.45) is 0 Å². The lowest BCUT2D eigenvalue weighted by molar-refractivity contribution is 1.37. The Morgan fingerprint density at radius 2 is 2.00 bits per heavy atom. The number of nitrogens with zero attached hydrogens (tertiary/aromatic N) is 2. The van der Waals surface area contributed by atoms with Gasteiger partial charge in [-0.05, 0) is 18.2 Å². The summed E-state index contributed by atoms with van der Waals surface area (Å²) in [5.41, 5.74) is 1.07. The molecule has 0 saturated carbocycles. The largest absolute Gasteiger partial charge is 0.235 e. The van der Waals surface area contributed by atoms with Crippen molar-refractivity contribution in [2.45, 2.75) is 0 Å². The Morgan fingerprint density at radius 3 is 2.71 bits per heavy atom. The second-order valence-electron chi connectivity index (χ2n) is 2.78. The molecule has 1 aromatic carbocycles. The monoisotopic (exact) mass is 222 g/mol. The van der Waals surface area contributed by atoms with Gasteiger partial charge in [0.1, 0.15) is 11.2 Å². The molecule has 2 rings (SSSR count). The van der Waals surface area contributed by atoms with E-state index in [9.17, 15) is 0 Å². The maximum absolute atomic E-state index is 8.73. The van der Waals surface area contributed by atoms with E-state index in [0.29, 0.717) is 16.1 Å². The number of fused-ring (bicyclic) bond motifs is 1. The van der Waals surface area contributed by atoms with Gasteiger partial charge >= 0.3 is 0 Å². The molecule has 0 amide bonds. The number of halogens is 2. The smallest absolute Gasteiger partial charge is 0.147 e. The third kappa shape index (κ3) is 1.52. The van der Waals surface area contributed by atoms with Gasteiger partial charge in [0.05, 0.1) is 11.1 Å². The fourth-order valence-corrected chi connectivity index (χ4v) is 1.55. The number of pyridine rings is 1. The summed E-state index contributed by atoms with van der Waals surface area (Å²) >= 11 is 11.6. The van der Waals surface area contributed by atoms with Crippen molar-refractivity contribution in [1.29, 1.82) is 5.26 Å². The molecular formula is C10H4Cl2N2. The molecule has 4 heteroatoms. The standard InChI is InChI=1S/C10H4Cl2N2/c11-8-2-1-6-3-7(5-13)10(12)14-9(6)4-8/h1-4H. The van der Waals surface area contributed by atoms with Crippen LogP contribution in [0.15, 0.2) is 24.3 Å². The highest BCUT2D eigenvalue weighted by molar-refractivity contribution is 6.32. The molecule has 0 aliphatic rings. The highest BCUT2D eigenvalue weighted by Gasteiger charge is 2.04. The molecule has 0 fully saturated rings. The quantitative estimate of drug-likeness (QED) is 0.641. The fraction of sp³-hybridized carbons (Fsp3) is 0. The van der Waals surface area contributed by atoms with E-state index in [0.717, 1.165) is 5.39 Å². The SMILES string of the molecule is N#Cc1cc2ccc(Cl)cc2nc1Cl. The zero-order valence-corrected chi connectivity index (χ0v) is 8.47. The molecule has 0 saturated heterocycles. The zero-order chi connectivity index (χ0) is 10.1. The zero-order valence-electron chi connectivity index (χ0n) is 6.96. The Balaban J connectivity index is 2.81. The number of aromatic nitrogens is 1. The van der Waals surface area contributed by atoms with Crippen LogP contribution in [0, 0.1) is 11.3 Å². The van der Waals surface area contributed by atoms with Crippen LogP contribution in [0.1, 0.15) is 5.56 Å². The van der Waals surface area contributed by atoms with Crippen LogP contribution in [0.5, 0.6) is 0 Å².